The minimum Gasteiger partial charge on any atom is -0.443 e. The van der Waals surface area contributed by atoms with Crippen molar-refractivity contribution < 1.29 is 14.3 Å². The van der Waals surface area contributed by atoms with Crippen molar-refractivity contribution in [2.75, 3.05) is 0 Å². The Labute approximate surface area is 151 Å². The Morgan fingerprint density at radius 3 is 2.38 bits per heavy atom. The average molecular weight is 346 g/mol. The molecule has 3 aromatic rings. The van der Waals surface area contributed by atoms with E-state index in [1.54, 1.807) is 6.08 Å². The molecule has 0 heterocycles. The van der Waals surface area contributed by atoms with Crippen LogP contribution in [0.2, 0.25) is 0 Å². The molecule has 0 fully saturated rings. The Kier molecular flexibility index (Phi) is 5.62. The minimum absolute atomic E-state index is 0.117. The Bertz CT molecular complexity index is 936. The van der Waals surface area contributed by atoms with Crippen LogP contribution in [0.5, 0.6) is 0 Å². The van der Waals surface area contributed by atoms with E-state index in [0.29, 0.717) is 0 Å². The predicted molar refractivity (Wildman–Crippen MR) is 101 cm³/mol. The van der Waals surface area contributed by atoms with Crippen molar-refractivity contribution in [3.05, 3.63) is 90.0 Å². The molecule has 3 aromatic carbocycles. The summed E-state index contributed by atoms with van der Waals surface area (Å²) in [4.78, 5) is 23.4. The van der Waals surface area contributed by atoms with Gasteiger partial charge in [-0.25, -0.2) is 10.2 Å². The molecule has 5 nitrogen and oxygen atoms in total. The van der Waals surface area contributed by atoms with E-state index in [4.69, 9.17) is 4.74 Å². The van der Waals surface area contributed by atoms with Crippen molar-refractivity contribution in [2.24, 2.45) is 0 Å². The van der Waals surface area contributed by atoms with Gasteiger partial charge < -0.3 is 4.74 Å². The molecule has 0 radical (unpaired) electrons. The SMILES string of the molecule is O=C(C=Cc1ccccc1)NNC(=O)OCc1ccc2ccccc2c1. The fourth-order valence-corrected chi connectivity index (χ4v) is 2.40. The van der Waals surface area contributed by atoms with Gasteiger partial charge in [0.1, 0.15) is 6.61 Å². The lowest BCUT2D eigenvalue weighted by atomic mass is 10.1. The van der Waals surface area contributed by atoms with Crippen molar-refractivity contribution in [1.82, 2.24) is 10.9 Å². The van der Waals surface area contributed by atoms with Crippen LogP contribution in [0.15, 0.2) is 78.9 Å². The van der Waals surface area contributed by atoms with Gasteiger partial charge in [-0.1, -0.05) is 66.7 Å². The van der Waals surface area contributed by atoms with Crippen molar-refractivity contribution >= 4 is 28.8 Å². The molecule has 0 saturated heterocycles. The van der Waals surface area contributed by atoms with Crippen LogP contribution in [-0.4, -0.2) is 12.0 Å². The smallest absolute Gasteiger partial charge is 0.426 e. The summed E-state index contributed by atoms with van der Waals surface area (Å²) in [7, 11) is 0. The van der Waals surface area contributed by atoms with E-state index in [1.807, 2.05) is 72.8 Å². The van der Waals surface area contributed by atoms with Crippen molar-refractivity contribution in [3.63, 3.8) is 0 Å². The van der Waals surface area contributed by atoms with Crippen LogP contribution in [0.3, 0.4) is 0 Å². The molecule has 0 spiro atoms. The number of nitrogens with one attached hydrogen (secondary N) is 2. The topological polar surface area (TPSA) is 67.4 Å². The number of rotatable bonds is 4. The molecule has 0 atom stereocenters. The third kappa shape index (κ3) is 4.95. The first-order chi connectivity index (χ1) is 12.7. The Morgan fingerprint density at radius 1 is 0.846 bits per heavy atom. The van der Waals surface area contributed by atoms with Crippen LogP contribution >= 0.6 is 0 Å². The standard InChI is InChI=1S/C21H18N2O3/c24-20(13-11-16-6-2-1-3-7-16)22-23-21(25)26-15-17-10-12-18-8-4-5-9-19(18)14-17/h1-14H,15H2,(H,22,24)(H,23,25). The maximum atomic E-state index is 11.7. The van der Waals surface area contributed by atoms with Crippen LogP contribution in [0.25, 0.3) is 16.8 Å². The number of carbonyl (C=O) groups is 2. The Balaban J connectivity index is 1.44. The second-order valence-corrected chi connectivity index (χ2v) is 5.62. The van der Waals surface area contributed by atoms with Gasteiger partial charge in [0.05, 0.1) is 0 Å². The van der Waals surface area contributed by atoms with Crippen LogP contribution in [0, 0.1) is 0 Å². The molecule has 0 aliphatic rings. The normalized spacial score (nSPS) is 10.6. The summed E-state index contributed by atoms with van der Waals surface area (Å²) < 4.78 is 5.10. The van der Waals surface area contributed by atoms with Crippen LogP contribution in [0.4, 0.5) is 4.79 Å². The average Bonchev–Trinajstić information content (AvgIpc) is 2.69. The summed E-state index contributed by atoms with van der Waals surface area (Å²) in [6, 6.07) is 23.2. The van der Waals surface area contributed by atoms with Crippen molar-refractivity contribution in [2.45, 2.75) is 6.61 Å². The summed E-state index contributed by atoms with van der Waals surface area (Å²) in [5.41, 5.74) is 6.24. The summed E-state index contributed by atoms with van der Waals surface area (Å²) in [5.74, 6) is -0.448. The highest BCUT2D eigenvalue weighted by atomic mass is 16.6. The van der Waals surface area contributed by atoms with Crippen LogP contribution in [0.1, 0.15) is 11.1 Å². The zero-order chi connectivity index (χ0) is 18.2. The van der Waals surface area contributed by atoms with E-state index in [2.05, 4.69) is 10.9 Å². The zero-order valence-corrected chi connectivity index (χ0v) is 14.0. The number of ether oxygens (including phenoxy) is 1. The lowest BCUT2D eigenvalue weighted by Crippen LogP contribution is -2.41. The first-order valence-corrected chi connectivity index (χ1v) is 8.14. The van der Waals surface area contributed by atoms with Gasteiger partial charge in [-0.2, -0.15) is 0 Å². The fourth-order valence-electron chi connectivity index (χ4n) is 2.40. The second-order valence-electron chi connectivity index (χ2n) is 5.62. The molecule has 3 rings (SSSR count). The first kappa shape index (κ1) is 17.2. The molecular formula is C21H18N2O3. The summed E-state index contributed by atoms with van der Waals surface area (Å²) in [6.45, 7) is 0.117. The molecular weight excluding hydrogens is 328 g/mol. The lowest BCUT2D eigenvalue weighted by molar-refractivity contribution is -0.117. The van der Waals surface area contributed by atoms with Crippen LogP contribution in [-0.2, 0) is 16.1 Å². The molecule has 0 aliphatic carbocycles. The third-order valence-electron chi connectivity index (χ3n) is 3.70. The number of benzene rings is 3. The lowest BCUT2D eigenvalue weighted by Gasteiger charge is -2.08. The van der Waals surface area contributed by atoms with Crippen molar-refractivity contribution in [1.29, 1.82) is 0 Å². The molecule has 0 aliphatic heterocycles. The molecule has 0 aromatic heterocycles. The maximum absolute atomic E-state index is 11.7. The van der Waals surface area contributed by atoms with E-state index in [-0.39, 0.29) is 6.61 Å². The van der Waals surface area contributed by atoms with Gasteiger partial charge in [0.25, 0.3) is 5.91 Å². The Hall–Kier alpha value is -3.60. The minimum atomic E-state index is -0.723. The second kappa shape index (κ2) is 8.48. The van der Waals surface area contributed by atoms with E-state index in [9.17, 15) is 9.59 Å². The largest absolute Gasteiger partial charge is 0.443 e. The summed E-state index contributed by atoms with van der Waals surface area (Å²) in [6.07, 6.45) is 2.26. The van der Waals surface area contributed by atoms with Crippen LogP contribution < -0.4 is 10.9 Å². The molecule has 2 amide bonds. The van der Waals surface area contributed by atoms with E-state index < -0.39 is 12.0 Å². The van der Waals surface area contributed by atoms with Gasteiger partial charge >= 0.3 is 6.09 Å². The summed E-state index contributed by atoms with van der Waals surface area (Å²) >= 11 is 0. The Morgan fingerprint density at radius 2 is 1.58 bits per heavy atom. The van der Waals surface area contributed by atoms with Crippen molar-refractivity contribution in [3.8, 4) is 0 Å². The molecule has 130 valence electrons. The number of carbonyl (C=O) groups excluding carboxylic acids is 2. The van der Waals surface area contributed by atoms with E-state index in [0.717, 1.165) is 21.9 Å². The highest BCUT2D eigenvalue weighted by Crippen LogP contribution is 2.16. The van der Waals surface area contributed by atoms with Gasteiger partial charge in [0.2, 0.25) is 0 Å². The molecule has 0 unspecified atom stereocenters. The predicted octanol–water partition coefficient (Wildman–Crippen LogP) is 3.81. The van der Waals surface area contributed by atoms with Gasteiger partial charge in [0, 0.05) is 6.08 Å². The van der Waals surface area contributed by atoms with Gasteiger partial charge in [-0.15, -0.1) is 0 Å². The first-order valence-electron chi connectivity index (χ1n) is 8.14. The molecule has 5 heteroatoms. The van der Waals surface area contributed by atoms with Gasteiger partial charge in [0.15, 0.2) is 0 Å². The highest BCUT2D eigenvalue weighted by molar-refractivity contribution is 5.92. The zero-order valence-electron chi connectivity index (χ0n) is 14.0. The quantitative estimate of drug-likeness (QED) is 0.558. The van der Waals surface area contributed by atoms with E-state index in [1.165, 1.54) is 6.08 Å². The van der Waals surface area contributed by atoms with Gasteiger partial charge in [-0.05, 0) is 34.0 Å². The van der Waals surface area contributed by atoms with Gasteiger partial charge in [-0.3, -0.25) is 10.2 Å². The number of amides is 2. The molecule has 0 saturated carbocycles. The highest BCUT2D eigenvalue weighted by Gasteiger charge is 2.04. The number of hydrogen-bond donors (Lipinski definition) is 2. The summed E-state index contributed by atoms with van der Waals surface area (Å²) in [5, 5.41) is 2.20. The molecule has 2 N–H and O–H groups in total. The maximum Gasteiger partial charge on any atom is 0.426 e. The van der Waals surface area contributed by atoms with E-state index >= 15 is 0 Å². The number of hydrogen-bond acceptors (Lipinski definition) is 3. The third-order valence-corrected chi connectivity index (χ3v) is 3.70. The number of fused-ring (bicyclic) bond motifs is 1. The number of hydrazine groups is 1. The molecule has 26 heavy (non-hydrogen) atoms. The monoisotopic (exact) mass is 346 g/mol. The molecule has 0 bridgehead atoms. The fraction of sp³-hybridized carbons (Fsp3) is 0.0476.